The number of rotatable bonds is 1. The van der Waals surface area contributed by atoms with E-state index in [1.54, 1.807) is 6.07 Å². The van der Waals surface area contributed by atoms with E-state index in [9.17, 15) is 14.7 Å². The minimum absolute atomic E-state index is 0.0656. The zero-order valence-corrected chi connectivity index (χ0v) is 13.7. The van der Waals surface area contributed by atoms with Crippen LogP contribution < -0.4 is 0 Å². The van der Waals surface area contributed by atoms with Crippen molar-refractivity contribution >= 4 is 11.9 Å². The molecule has 122 valence electrons. The van der Waals surface area contributed by atoms with Crippen LogP contribution in [0.4, 0.5) is 0 Å². The van der Waals surface area contributed by atoms with Gasteiger partial charge in [-0.05, 0) is 42.0 Å². The highest BCUT2D eigenvalue weighted by molar-refractivity contribution is 6.08. The quantitative estimate of drug-likeness (QED) is 0.858. The number of fused-ring (bicyclic) bond motifs is 4. The van der Waals surface area contributed by atoms with Gasteiger partial charge in [0.2, 0.25) is 0 Å². The Morgan fingerprint density at radius 3 is 2.42 bits per heavy atom. The fraction of sp³-hybridized carbons (Fsp3) is 0.300. The maximum Gasteiger partial charge on any atom is 0.336 e. The molecule has 1 amide bonds. The smallest absolute Gasteiger partial charge is 0.336 e. The maximum absolute atomic E-state index is 13.1. The van der Waals surface area contributed by atoms with Gasteiger partial charge in [-0.2, -0.15) is 0 Å². The lowest BCUT2D eigenvalue weighted by atomic mass is 9.88. The lowest BCUT2D eigenvalue weighted by Crippen LogP contribution is -2.30. The third kappa shape index (κ3) is 1.92. The Hall–Kier alpha value is -2.62. The Labute approximate surface area is 140 Å². The molecule has 24 heavy (non-hydrogen) atoms. The Morgan fingerprint density at radius 1 is 1.04 bits per heavy atom. The van der Waals surface area contributed by atoms with Gasteiger partial charge in [0, 0.05) is 0 Å². The van der Waals surface area contributed by atoms with Crippen LogP contribution in [-0.2, 0) is 0 Å². The van der Waals surface area contributed by atoms with Crippen molar-refractivity contribution in [2.24, 2.45) is 0 Å². The molecule has 4 heteroatoms. The second-order valence-electron chi connectivity index (χ2n) is 6.74. The molecule has 2 aromatic carbocycles. The molecule has 2 aliphatic rings. The summed E-state index contributed by atoms with van der Waals surface area (Å²) >= 11 is 0. The average Bonchev–Trinajstić information content (AvgIpc) is 2.80. The number of hydrogen-bond acceptors (Lipinski definition) is 2. The van der Waals surface area contributed by atoms with Crippen LogP contribution in [0, 0.1) is 0 Å². The van der Waals surface area contributed by atoms with Crippen LogP contribution in [0.2, 0.25) is 0 Å². The van der Waals surface area contributed by atoms with E-state index in [1.807, 2.05) is 30.0 Å². The fourth-order valence-electron chi connectivity index (χ4n) is 4.32. The molecule has 0 bridgehead atoms. The second-order valence-corrected chi connectivity index (χ2v) is 6.74. The zero-order valence-electron chi connectivity index (χ0n) is 13.7. The predicted octanol–water partition coefficient (Wildman–Crippen LogP) is 4.15. The minimum Gasteiger partial charge on any atom is -0.478 e. The highest BCUT2D eigenvalue weighted by Gasteiger charge is 2.44. The largest absolute Gasteiger partial charge is 0.478 e. The average molecular weight is 321 g/mol. The molecule has 2 aliphatic heterocycles. The summed E-state index contributed by atoms with van der Waals surface area (Å²) in [6, 6.07) is 13.3. The van der Waals surface area contributed by atoms with Crippen molar-refractivity contribution in [2.45, 2.75) is 38.3 Å². The van der Waals surface area contributed by atoms with E-state index in [1.165, 1.54) is 11.6 Å². The lowest BCUT2D eigenvalue weighted by molar-refractivity contribution is 0.0623. The number of carbonyl (C=O) groups is 2. The monoisotopic (exact) mass is 321 g/mol. The number of benzene rings is 2. The van der Waals surface area contributed by atoms with Crippen LogP contribution in [0.25, 0.3) is 0 Å². The van der Waals surface area contributed by atoms with E-state index >= 15 is 0 Å². The third-order valence-electron chi connectivity index (χ3n) is 5.44. The number of carboxylic acid groups (broad SMARTS) is 1. The van der Waals surface area contributed by atoms with Gasteiger partial charge in [0.25, 0.3) is 5.91 Å². The van der Waals surface area contributed by atoms with Gasteiger partial charge < -0.3 is 10.0 Å². The molecular weight excluding hydrogens is 302 g/mol. The van der Waals surface area contributed by atoms with Crippen molar-refractivity contribution in [1.82, 2.24) is 4.90 Å². The van der Waals surface area contributed by atoms with Gasteiger partial charge in [-0.15, -0.1) is 0 Å². The zero-order chi connectivity index (χ0) is 17.0. The predicted molar refractivity (Wildman–Crippen MR) is 90.2 cm³/mol. The van der Waals surface area contributed by atoms with Gasteiger partial charge in [-0.3, -0.25) is 4.79 Å². The third-order valence-corrected chi connectivity index (χ3v) is 5.44. The van der Waals surface area contributed by atoms with Crippen LogP contribution in [0.5, 0.6) is 0 Å². The molecule has 2 aromatic rings. The van der Waals surface area contributed by atoms with Gasteiger partial charge in [-0.25, -0.2) is 4.79 Å². The van der Waals surface area contributed by atoms with Crippen LogP contribution in [0.1, 0.15) is 75.7 Å². The van der Waals surface area contributed by atoms with Crippen molar-refractivity contribution in [3.63, 3.8) is 0 Å². The van der Waals surface area contributed by atoms with Crippen LogP contribution >= 0.6 is 0 Å². The summed E-state index contributed by atoms with van der Waals surface area (Å²) < 4.78 is 0. The molecule has 0 aromatic heterocycles. The Balaban J connectivity index is 1.91. The van der Waals surface area contributed by atoms with Crippen LogP contribution in [0.3, 0.4) is 0 Å². The van der Waals surface area contributed by atoms with Crippen molar-refractivity contribution < 1.29 is 14.7 Å². The van der Waals surface area contributed by atoms with E-state index in [2.05, 4.69) is 19.1 Å². The Bertz CT molecular complexity index is 858. The topological polar surface area (TPSA) is 57.6 Å². The molecule has 0 saturated carbocycles. The number of hydrogen-bond donors (Lipinski definition) is 1. The molecule has 1 N–H and O–H groups in total. The standard InChI is InChI=1S/C20H19NO3/c1-11-10-17-15-8-5-9-16(20(23)24)18(15)19(22)21(17)12(2)14-7-4-3-6-13(11)14/h3-9,11-12,17H,10H2,1-2H3,(H,23,24)/t11-,12+,17+/m0/s1. The number of aromatic carboxylic acids is 1. The van der Waals surface area contributed by atoms with Crippen molar-refractivity contribution in [1.29, 1.82) is 0 Å². The molecule has 0 aliphatic carbocycles. The number of nitrogens with zero attached hydrogens (tertiary/aromatic N) is 1. The molecule has 0 saturated heterocycles. The normalized spacial score (nSPS) is 24.8. The molecule has 4 rings (SSSR count). The summed E-state index contributed by atoms with van der Waals surface area (Å²) in [4.78, 5) is 26.5. The molecule has 2 heterocycles. The first-order valence-electron chi connectivity index (χ1n) is 8.28. The lowest BCUT2D eigenvalue weighted by Gasteiger charge is -2.29. The summed E-state index contributed by atoms with van der Waals surface area (Å²) in [5.74, 6) is -0.894. The van der Waals surface area contributed by atoms with Crippen molar-refractivity contribution in [2.75, 3.05) is 0 Å². The van der Waals surface area contributed by atoms with Crippen molar-refractivity contribution in [3.8, 4) is 0 Å². The number of amides is 1. The fourth-order valence-corrected chi connectivity index (χ4v) is 4.32. The van der Waals surface area contributed by atoms with Gasteiger partial charge in [0.05, 0.1) is 23.2 Å². The van der Waals surface area contributed by atoms with Gasteiger partial charge in [0.1, 0.15) is 0 Å². The summed E-state index contributed by atoms with van der Waals surface area (Å²) in [6.45, 7) is 4.21. The molecule has 4 nitrogen and oxygen atoms in total. The molecule has 0 unspecified atom stereocenters. The van der Waals surface area contributed by atoms with E-state index in [-0.39, 0.29) is 23.6 Å². The van der Waals surface area contributed by atoms with Crippen molar-refractivity contribution in [3.05, 3.63) is 70.3 Å². The Morgan fingerprint density at radius 2 is 1.71 bits per heavy atom. The molecule has 0 fully saturated rings. The first-order valence-corrected chi connectivity index (χ1v) is 8.28. The summed E-state index contributed by atoms with van der Waals surface area (Å²) in [7, 11) is 0. The molecular formula is C20H19NO3. The van der Waals surface area contributed by atoms with Crippen LogP contribution in [0.15, 0.2) is 42.5 Å². The Kier molecular flexibility index (Phi) is 3.23. The number of carboxylic acids is 1. The maximum atomic E-state index is 13.1. The minimum atomic E-state index is -1.04. The first kappa shape index (κ1) is 14.9. The first-order chi connectivity index (χ1) is 11.5. The highest BCUT2D eigenvalue weighted by Crippen LogP contribution is 2.49. The van der Waals surface area contributed by atoms with E-state index < -0.39 is 5.97 Å². The van der Waals surface area contributed by atoms with E-state index in [0.717, 1.165) is 17.5 Å². The van der Waals surface area contributed by atoms with E-state index in [0.29, 0.717) is 11.5 Å². The van der Waals surface area contributed by atoms with Gasteiger partial charge in [-0.1, -0.05) is 43.3 Å². The summed E-state index contributed by atoms with van der Waals surface area (Å²) in [6.07, 6.45) is 0.809. The summed E-state index contributed by atoms with van der Waals surface area (Å²) in [5.41, 5.74) is 3.77. The number of carbonyl (C=O) groups excluding carboxylic acids is 1. The van der Waals surface area contributed by atoms with Gasteiger partial charge in [0.15, 0.2) is 0 Å². The highest BCUT2D eigenvalue weighted by atomic mass is 16.4. The van der Waals surface area contributed by atoms with E-state index in [4.69, 9.17) is 0 Å². The molecule has 3 atom stereocenters. The van der Waals surface area contributed by atoms with Gasteiger partial charge >= 0.3 is 5.97 Å². The summed E-state index contributed by atoms with van der Waals surface area (Å²) in [5, 5.41) is 9.46. The molecule has 0 radical (unpaired) electrons. The second kappa shape index (κ2) is 5.20. The van der Waals surface area contributed by atoms with Crippen LogP contribution in [-0.4, -0.2) is 21.9 Å². The molecule has 0 spiro atoms. The SMILES string of the molecule is C[C@@H]1c2ccccc2[C@@H](C)C[C@@H]2c3cccc(C(=O)O)c3C(=O)N12.